The van der Waals surface area contributed by atoms with Crippen LogP contribution in [0.1, 0.15) is 29.5 Å². The topological polar surface area (TPSA) is 33.5 Å². The van der Waals surface area contributed by atoms with E-state index in [2.05, 4.69) is 17.4 Å². The molecule has 0 saturated carbocycles. The first-order chi connectivity index (χ1) is 12.6. The highest BCUT2D eigenvalue weighted by molar-refractivity contribution is 6.32. The van der Waals surface area contributed by atoms with E-state index in [9.17, 15) is 9.18 Å². The number of halogens is 2. The van der Waals surface area contributed by atoms with E-state index in [1.54, 1.807) is 11.0 Å². The first kappa shape index (κ1) is 18.6. The number of carbonyl (C=O) groups is 1. The molecule has 0 radical (unpaired) electrons. The van der Waals surface area contributed by atoms with Gasteiger partial charge in [-0.25, -0.2) is 4.39 Å². The number of likely N-dealkylation sites (tertiary alicyclic amines) is 1. The first-order valence-electron chi connectivity index (χ1n) is 8.93. The van der Waals surface area contributed by atoms with Crippen molar-refractivity contribution < 1.29 is 14.1 Å². The second-order valence-electron chi connectivity index (χ2n) is 6.64. The summed E-state index contributed by atoms with van der Waals surface area (Å²) in [5.41, 5.74) is 2.58. The molecule has 1 aliphatic heterocycles. The third-order valence-corrected chi connectivity index (χ3v) is 4.99. The highest BCUT2D eigenvalue weighted by Crippen LogP contribution is 2.20. The Morgan fingerprint density at radius 2 is 1.81 bits per heavy atom. The smallest absolute Gasteiger partial charge is 0.244 e. The fraction of sp³-hybridized carbons (Fsp3) is 0.286. The SMILES string of the molecule is O=C(/C=C/c1c(F)cccc1Cl)NCc1ccc(C[NH+]2CCCC2)cc1. The van der Waals surface area contributed by atoms with Crippen LogP contribution in [0.4, 0.5) is 4.39 Å². The fourth-order valence-corrected chi connectivity index (χ4v) is 3.42. The van der Waals surface area contributed by atoms with E-state index >= 15 is 0 Å². The van der Waals surface area contributed by atoms with Gasteiger partial charge in [-0.2, -0.15) is 0 Å². The zero-order valence-electron chi connectivity index (χ0n) is 14.6. The van der Waals surface area contributed by atoms with Crippen LogP contribution in [0.5, 0.6) is 0 Å². The summed E-state index contributed by atoms with van der Waals surface area (Å²) in [6.45, 7) is 4.02. The van der Waals surface area contributed by atoms with Crippen LogP contribution < -0.4 is 10.2 Å². The summed E-state index contributed by atoms with van der Waals surface area (Å²) in [7, 11) is 0. The predicted molar refractivity (Wildman–Crippen MR) is 102 cm³/mol. The summed E-state index contributed by atoms with van der Waals surface area (Å²) in [4.78, 5) is 13.6. The van der Waals surface area contributed by atoms with E-state index < -0.39 is 5.82 Å². The number of hydrogen-bond donors (Lipinski definition) is 2. The summed E-state index contributed by atoms with van der Waals surface area (Å²) in [6.07, 6.45) is 5.35. The number of nitrogens with one attached hydrogen (secondary N) is 2. The highest BCUT2D eigenvalue weighted by atomic mass is 35.5. The van der Waals surface area contributed by atoms with Crippen molar-refractivity contribution >= 4 is 23.6 Å². The van der Waals surface area contributed by atoms with Gasteiger partial charge in [0.25, 0.3) is 0 Å². The largest absolute Gasteiger partial charge is 0.348 e. The molecule has 26 heavy (non-hydrogen) atoms. The predicted octanol–water partition coefficient (Wildman–Crippen LogP) is 2.99. The Morgan fingerprint density at radius 3 is 2.50 bits per heavy atom. The zero-order chi connectivity index (χ0) is 18.4. The van der Waals surface area contributed by atoms with Gasteiger partial charge in [-0.1, -0.05) is 41.9 Å². The lowest BCUT2D eigenvalue weighted by molar-refractivity contribution is -0.901. The molecule has 1 fully saturated rings. The van der Waals surface area contributed by atoms with Crippen molar-refractivity contribution in [3.8, 4) is 0 Å². The van der Waals surface area contributed by atoms with Crippen molar-refractivity contribution in [2.24, 2.45) is 0 Å². The van der Waals surface area contributed by atoms with E-state index in [-0.39, 0.29) is 16.5 Å². The maximum atomic E-state index is 13.7. The summed E-state index contributed by atoms with van der Waals surface area (Å²) < 4.78 is 13.7. The molecule has 1 saturated heterocycles. The van der Waals surface area contributed by atoms with Gasteiger partial charge in [0.15, 0.2) is 0 Å². The molecule has 3 rings (SSSR count). The second-order valence-corrected chi connectivity index (χ2v) is 7.04. The maximum Gasteiger partial charge on any atom is 0.244 e. The normalized spacial score (nSPS) is 14.8. The van der Waals surface area contributed by atoms with Crippen LogP contribution in [0.2, 0.25) is 5.02 Å². The van der Waals surface area contributed by atoms with Crippen LogP contribution in [-0.2, 0) is 17.9 Å². The Kier molecular flexibility index (Phi) is 6.42. The van der Waals surface area contributed by atoms with Crippen LogP contribution in [0.15, 0.2) is 48.5 Å². The third-order valence-electron chi connectivity index (χ3n) is 4.66. The maximum absolute atomic E-state index is 13.7. The number of amides is 1. The van der Waals surface area contributed by atoms with Gasteiger partial charge in [-0.15, -0.1) is 0 Å². The lowest BCUT2D eigenvalue weighted by atomic mass is 10.1. The molecule has 2 N–H and O–H groups in total. The molecule has 0 atom stereocenters. The molecule has 0 spiro atoms. The van der Waals surface area contributed by atoms with Crippen LogP contribution in [0.25, 0.3) is 6.08 Å². The second kappa shape index (κ2) is 8.97. The molecule has 1 aliphatic rings. The summed E-state index contributed by atoms with van der Waals surface area (Å²) in [5, 5.41) is 3.09. The lowest BCUT2D eigenvalue weighted by Gasteiger charge is -2.12. The molecular formula is C21H23ClFN2O+. The summed E-state index contributed by atoms with van der Waals surface area (Å²) in [5.74, 6) is -0.729. The average Bonchev–Trinajstić information content (AvgIpc) is 3.14. The van der Waals surface area contributed by atoms with E-state index in [4.69, 9.17) is 11.6 Å². The van der Waals surface area contributed by atoms with Crippen LogP contribution in [-0.4, -0.2) is 19.0 Å². The van der Waals surface area contributed by atoms with Crippen molar-refractivity contribution in [2.45, 2.75) is 25.9 Å². The summed E-state index contributed by atoms with van der Waals surface area (Å²) in [6, 6.07) is 12.8. The van der Waals surface area contributed by atoms with Gasteiger partial charge >= 0.3 is 0 Å². The van der Waals surface area contributed by atoms with E-state index in [0.29, 0.717) is 6.54 Å². The lowest BCUT2D eigenvalue weighted by Crippen LogP contribution is -3.08. The Labute approximate surface area is 158 Å². The van der Waals surface area contributed by atoms with E-state index in [1.165, 1.54) is 55.8 Å². The fourth-order valence-electron chi connectivity index (χ4n) is 3.19. The number of rotatable bonds is 6. The number of hydrogen-bond acceptors (Lipinski definition) is 1. The Hall–Kier alpha value is -2.17. The van der Waals surface area contributed by atoms with Gasteiger partial charge in [0, 0.05) is 36.6 Å². The van der Waals surface area contributed by atoms with Gasteiger partial charge < -0.3 is 10.2 Å². The van der Waals surface area contributed by atoms with Crippen LogP contribution >= 0.6 is 11.6 Å². The number of quaternary nitrogens is 1. The van der Waals surface area contributed by atoms with Crippen molar-refractivity contribution in [1.29, 1.82) is 0 Å². The third kappa shape index (κ3) is 5.16. The molecule has 0 aliphatic carbocycles. The molecule has 136 valence electrons. The molecule has 0 bridgehead atoms. The minimum absolute atomic E-state index is 0.220. The number of carbonyl (C=O) groups excluding carboxylic acids is 1. The van der Waals surface area contributed by atoms with Crippen molar-refractivity contribution in [1.82, 2.24) is 5.32 Å². The molecule has 0 aromatic heterocycles. The molecule has 1 heterocycles. The summed E-state index contributed by atoms with van der Waals surface area (Å²) >= 11 is 5.94. The molecule has 5 heteroatoms. The Balaban J connectivity index is 1.50. The minimum atomic E-state index is -0.447. The van der Waals surface area contributed by atoms with Gasteiger partial charge in [-0.3, -0.25) is 4.79 Å². The van der Waals surface area contributed by atoms with Gasteiger partial charge in [0.05, 0.1) is 18.1 Å². The molecule has 1 amide bonds. The van der Waals surface area contributed by atoms with Crippen molar-refractivity contribution in [3.63, 3.8) is 0 Å². The number of benzene rings is 2. The molecular weight excluding hydrogens is 351 g/mol. The minimum Gasteiger partial charge on any atom is -0.348 e. The van der Waals surface area contributed by atoms with Crippen LogP contribution in [0, 0.1) is 5.82 Å². The Bertz CT molecular complexity index is 763. The van der Waals surface area contributed by atoms with Gasteiger partial charge in [0.2, 0.25) is 5.91 Å². The quantitative estimate of drug-likeness (QED) is 0.750. The zero-order valence-corrected chi connectivity index (χ0v) is 15.4. The Morgan fingerprint density at radius 1 is 1.12 bits per heavy atom. The van der Waals surface area contributed by atoms with Crippen molar-refractivity contribution in [3.05, 3.63) is 76.1 Å². The molecule has 3 nitrogen and oxygen atoms in total. The highest BCUT2D eigenvalue weighted by Gasteiger charge is 2.15. The monoisotopic (exact) mass is 373 g/mol. The standard InChI is InChI=1S/C21H22ClFN2O/c22-19-4-3-5-20(23)18(19)10-11-21(26)24-14-16-6-8-17(9-7-16)15-25-12-1-2-13-25/h3-11H,1-2,12-15H2,(H,24,26)/p+1/b11-10+. The van der Waals surface area contributed by atoms with E-state index in [0.717, 1.165) is 12.1 Å². The van der Waals surface area contributed by atoms with Crippen LogP contribution in [0.3, 0.4) is 0 Å². The van der Waals surface area contributed by atoms with Gasteiger partial charge in [0.1, 0.15) is 12.4 Å². The van der Waals surface area contributed by atoms with Gasteiger partial charge in [-0.05, 0) is 23.8 Å². The molecule has 2 aromatic carbocycles. The molecule has 0 unspecified atom stereocenters. The average molecular weight is 374 g/mol. The molecule has 2 aromatic rings. The first-order valence-corrected chi connectivity index (χ1v) is 9.31. The van der Waals surface area contributed by atoms with Crippen molar-refractivity contribution in [2.75, 3.05) is 13.1 Å². The van der Waals surface area contributed by atoms with E-state index in [1.807, 2.05) is 12.1 Å².